The summed E-state index contributed by atoms with van der Waals surface area (Å²) >= 11 is 0. The SMILES string of the molecule is CCNC(=NCCS(=O)(=O)C(C)(C)C)NC(C)c1cccc(N2CCCC2)c1.I. The quantitative estimate of drug-likeness (QED) is 0.316. The van der Waals surface area contributed by atoms with Crippen molar-refractivity contribution < 1.29 is 8.42 Å². The van der Waals surface area contributed by atoms with Gasteiger partial charge in [0.1, 0.15) is 0 Å². The highest BCUT2D eigenvalue weighted by Crippen LogP contribution is 2.24. The first kappa shape index (κ1) is 26.0. The maximum absolute atomic E-state index is 12.3. The third kappa shape index (κ3) is 7.62. The van der Waals surface area contributed by atoms with Crippen LogP contribution >= 0.6 is 24.0 Å². The Bertz CT molecular complexity index is 769. The lowest BCUT2D eigenvalue weighted by molar-refractivity contribution is 0.560. The molecule has 2 rings (SSSR count). The lowest BCUT2D eigenvalue weighted by Gasteiger charge is -2.22. The van der Waals surface area contributed by atoms with E-state index in [1.54, 1.807) is 20.8 Å². The highest BCUT2D eigenvalue weighted by Gasteiger charge is 2.28. The molecule has 1 atom stereocenters. The fourth-order valence-electron chi connectivity index (χ4n) is 3.16. The average molecular weight is 537 g/mol. The van der Waals surface area contributed by atoms with Crippen molar-refractivity contribution in [2.45, 2.75) is 58.2 Å². The van der Waals surface area contributed by atoms with Gasteiger partial charge in [-0.2, -0.15) is 0 Å². The molecule has 0 saturated carbocycles. The Hall–Kier alpha value is -1.03. The monoisotopic (exact) mass is 536 g/mol. The molecule has 1 unspecified atom stereocenters. The molecule has 1 aliphatic rings. The highest BCUT2D eigenvalue weighted by atomic mass is 127. The van der Waals surface area contributed by atoms with Crippen LogP contribution in [0.25, 0.3) is 0 Å². The fraction of sp³-hybridized carbons (Fsp3) is 0.667. The molecule has 166 valence electrons. The van der Waals surface area contributed by atoms with Gasteiger partial charge in [0.15, 0.2) is 15.8 Å². The van der Waals surface area contributed by atoms with Crippen LogP contribution in [-0.2, 0) is 9.84 Å². The number of guanidine groups is 1. The number of aliphatic imine (C=N–C) groups is 1. The number of rotatable bonds is 7. The number of anilines is 1. The van der Waals surface area contributed by atoms with Crippen molar-refractivity contribution in [2.24, 2.45) is 4.99 Å². The predicted molar refractivity (Wildman–Crippen MR) is 134 cm³/mol. The Morgan fingerprint density at radius 1 is 1.24 bits per heavy atom. The third-order valence-corrected chi connectivity index (χ3v) is 7.69. The first-order chi connectivity index (χ1) is 13.1. The summed E-state index contributed by atoms with van der Waals surface area (Å²) in [6, 6.07) is 8.68. The number of benzene rings is 1. The molecule has 0 bridgehead atoms. The molecule has 0 amide bonds. The Morgan fingerprint density at radius 3 is 2.48 bits per heavy atom. The molecule has 29 heavy (non-hydrogen) atoms. The van der Waals surface area contributed by atoms with Crippen molar-refractivity contribution in [1.29, 1.82) is 0 Å². The molecular weight excluding hydrogens is 499 g/mol. The van der Waals surface area contributed by atoms with Gasteiger partial charge in [-0.1, -0.05) is 12.1 Å². The molecule has 1 fully saturated rings. The van der Waals surface area contributed by atoms with E-state index in [4.69, 9.17) is 0 Å². The topological polar surface area (TPSA) is 73.8 Å². The molecule has 0 radical (unpaired) electrons. The molecule has 1 saturated heterocycles. The van der Waals surface area contributed by atoms with Gasteiger partial charge in [0.05, 0.1) is 23.1 Å². The van der Waals surface area contributed by atoms with Gasteiger partial charge in [-0.05, 0) is 65.2 Å². The molecule has 1 aromatic carbocycles. The molecule has 1 heterocycles. The molecule has 0 aliphatic carbocycles. The van der Waals surface area contributed by atoms with Crippen molar-refractivity contribution in [1.82, 2.24) is 10.6 Å². The first-order valence-corrected chi connectivity index (χ1v) is 11.9. The summed E-state index contributed by atoms with van der Waals surface area (Å²) in [5.74, 6) is 0.692. The Kier molecular flexibility index (Phi) is 10.2. The number of nitrogens with one attached hydrogen (secondary N) is 2. The van der Waals surface area contributed by atoms with Crippen LogP contribution in [0.1, 0.15) is 59.1 Å². The molecule has 0 aromatic heterocycles. The van der Waals surface area contributed by atoms with Gasteiger partial charge in [-0.25, -0.2) is 8.42 Å². The summed E-state index contributed by atoms with van der Waals surface area (Å²) in [7, 11) is -3.17. The fourth-order valence-corrected chi connectivity index (χ4v) is 4.10. The highest BCUT2D eigenvalue weighted by molar-refractivity contribution is 14.0. The van der Waals surface area contributed by atoms with E-state index >= 15 is 0 Å². The minimum absolute atomic E-state index is 0. The maximum atomic E-state index is 12.3. The Balaban J connectivity index is 0.00000420. The van der Waals surface area contributed by atoms with Crippen LogP contribution in [0.5, 0.6) is 0 Å². The number of sulfone groups is 1. The van der Waals surface area contributed by atoms with E-state index in [0.717, 1.165) is 19.6 Å². The molecular formula is C21H37IN4O2S. The van der Waals surface area contributed by atoms with Gasteiger partial charge in [-0.15, -0.1) is 24.0 Å². The van der Waals surface area contributed by atoms with E-state index in [9.17, 15) is 8.42 Å². The largest absolute Gasteiger partial charge is 0.372 e. The summed E-state index contributed by atoms with van der Waals surface area (Å²) in [6.45, 7) is 12.5. The van der Waals surface area contributed by atoms with Gasteiger partial charge in [0.25, 0.3) is 0 Å². The maximum Gasteiger partial charge on any atom is 0.191 e. The van der Waals surface area contributed by atoms with Gasteiger partial charge in [0.2, 0.25) is 0 Å². The second-order valence-corrected chi connectivity index (χ2v) is 11.2. The number of hydrogen-bond donors (Lipinski definition) is 2. The van der Waals surface area contributed by atoms with Crippen molar-refractivity contribution >= 4 is 45.5 Å². The predicted octanol–water partition coefficient (Wildman–Crippen LogP) is 3.73. The molecule has 6 nitrogen and oxygen atoms in total. The van der Waals surface area contributed by atoms with Crippen molar-refractivity contribution in [3.8, 4) is 0 Å². The van der Waals surface area contributed by atoms with Gasteiger partial charge >= 0.3 is 0 Å². The van der Waals surface area contributed by atoms with E-state index in [1.165, 1.54) is 24.1 Å². The zero-order valence-corrected chi connectivity index (χ0v) is 21.5. The first-order valence-electron chi connectivity index (χ1n) is 10.3. The van der Waals surface area contributed by atoms with Crippen LogP contribution in [0.3, 0.4) is 0 Å². The van der Waals surface area contributed by atoms with E-state index < -0.39 is 14.6 Å². The van der Waals surface area contributed by atoms with E-state index in [0.29, 0.717) is 5.96 Å². The minimum atomic E-state index is -3.17. The van der Waals surface area contributed by atoms with Crippen LogP contribution in [0.15, 0.2) is 29.3 Å². The lowest BCUT2D eigenvalue weighted by atomic mass is 10.1. The van der Waals surface area contributed by atoms with Crippen LogP contribution in [0.4, 0.5) is 5.69 Å². The number of halogens is 1. The number of hydrogen-bond acceptors (Lipinski definition) is 4. The van der Waals surface area contributed by atoms with Gasteiger partial charge < -0.3 is 15.5 Å². The lowest BCUT2D eigenvalue weighted by Crippen LogP contribution is -2.39. The van der Waals surface area contributed by atoms with Gasteiger partial charge in [-0.3, -0.25) is 4.99 Å². The normalized spacial score (nSPS) is 16.3. The Morgan fingerprint density at radius 2 is 1.90 bits per heavy atom. The zero-order chi connectivity index (χ0) is 20.8. The summed E-state index contributed by atoms with van der Waals surface area (Å²) in [5, 5.41) is 6.61. The van der Waals surface area contributed by atoms with Crippen molar-refractivity contribution in [3.63, 3.8) is 0 Å². The van der Waals surface area contributed by atoms with Crippen LogP contribution in [-0.4, -0.2) is 51.1 Å². The summed E-state index contributed by atoms with van der Waals surface area (Å²) in [6.07, 6.45) is 2.51. The van der Waals surface area contributed by atoms with Crippen LogP contribution in [0.2, 0.25) is 0 Å². The van der Waals surface area contributed by atoms with E-state index in [2.05, 4.69) is 51.7 Å². The third-order valence-electron chi connectivity index (χ3n) is 5.10. The van der Waals surface area contributed by atoms with Gasteiger partial charge in [0, 0.05) is 25.3 Å². The summed E-state index contributed by atoms with van der Waals surface area (Å²) < 4.78 is 23.8. The summed E-state index contributed by atoms with van der Waals surface area (Å²) in [4.78, 5) is 6.91. The number of nitrogens with zero attached hydrogens (tertiary/aromatic N) is 2. The van der Waals surface area contributed by atoms with E-state index in [-0.39, 0.29) is 42.3 Å². The van der Waals surface area contributed by atoms with Crippen molar-refractivity contribution in [2.75, 3.05) is 36.8 Å². The molecule has 2 N–H and O–H groups in total. The average Bonchev–Trinajstić information content (AvgIpc) is 3.15. The second kappa shape index (κ2) is 11.4. The minimum Gasteiger partial charge on any atom is -0.372 e. The van der Waals surface area contributed by atoms with Crippen molar-refractivity contribution in [3.05, 3.63) is 29.8 Å². The standard InChI is InChI=1S/C21H36N4O2S.HI/c1-6-22-20(23-12-15-28(26,27)21(3,4)5)24-17(2)18-10-9-11-19(16-18)25-13-7-8-14-25;/h9-11,16-17H,6-8,12-15H2,1-5H3,(H2,22,23,24);1H. The zero-order valence-electron chi connectivity index (χ0n) is 18.4. The summed E-state index contributed by atoms with van der Waals surface area (Å²) in [5.41, 5.74) is 2.46. The van der Waals surface area contributed by atoms with E-state index in [1.807, 2.05) is 6.92 Å². The van der Waals surface area contributed by atoms with Crippen LogP contribution in [0, 0.1) is 0 Å². The molecule has 0 spiro atoms. The Labute approximate surface area is 193 Å². The van der Waals surface area contributed by atoms with Crippen LogP contribution < -0.4 is 15.5 Å². The second-order valence-electron chi connectivity index (χ2n) is 8.35. The molecule has 1 aromatic rings. The molecule has 8 heteroatoms. The smallest absolute Gasteiger partial charge is 0.191 e. The molecule has 1 aliphatic heterocycles.